The van der Waals surface area contributed by atoms with E-state index in [9.17, 15) is 14.7 Å². The third-order valence-electron chi connectivity index (χ3n) is 6.52. The molecule has 1 aromatic carbocycles. The standard InChI is InChI=1S/C22H25N5O3/c1-2-13-10-17(22(29)30)21(28)24-20(13)14-6-8-16(9-7-14)27-11-15-4-3-5-19(25-26-23)18(15)12-27/h6-10,15,18-19H,2-5,11-12H2,1H3,(H,24,28)(H,29,30)/t15-,18+,19+/m1/s1. The number of H-pyrrole nitrogens is 1. The highest BCUT2D eigenvalue weighted by Gasteiger charge is 2.39. The minimum atomic E-state index is -1.22. The number of nitrogens with zero attached hydrogens (tertiary/aromatic N) is 4. The van der Waals surface area contributed by atoms with Gasteiger partial charge in [-0.3, -0.25) is 4.79 Å². The average molecular weight is 407 g/mol. The second-order valence-electron chi connectivity index (χ2n) is 8.15. The first-order valence-corrected chi connectivity index (χ1v) is 10.4. The Kier molecular flexibility index (Phi) is 5.50. The van der Waals surface area contributed by atoms with Crippen molar-refractivity contribution in [2.45, 2.75) is 38.6 Å². The molecule has 1 aliphatic heterocycles. The number of aromatic amines is 1. The Balaban J connectivity index is 1.58. The van der Waals surface area contributed by atoms with Gasteiger partial charge in [0.25, 0.3) is 5.56 Å². The lowest BCUT2D eigenvalue weighted by atomic mass is 9.78. The van der Waals surface area contributed by atoms with Gasteiger partial charge in [-0.1, -0.05) is 30.6 Å². The summed E-state index contributed by atoms with van der Waals surface area (Å²) in [4.78, 5) is 31.5. The summed E-state index contributed by atoms with van der Waals surface area (Å²) in [6, 6.07) is 9.56. The number of anilines is 1. The fourth-order valence-corrected chi connectivity index (χ4v) is 4.97. The number of fused-ring (bicyclic) bond motifs is 1. The zero-order chi connectivity index (χ0) is 21.3. The zero-order valence-corrected chi connectivity index (χ0v) is 16.9. The third kappa shape index (κ3) is 3.66. The number of hydrogen-bond donors (Lipinski definition) is 2. The summed E-state index contributed by atoms with van der Waals surface area (Å²) in [7, 11) is 0. The predicted molar refractivity (Wildman–Crippen MR) is 115 cm³/mol. The minimum absolute atomic E-state index is 0.0861. The normalized spacial score (nSPS) is 23.0. The molecule has 2 fully saturated rings. The molecular weight excluding hydrogens is 382 g/mol. The molecule has 0 amide bonds. The van der Waals surface area contributed by atoms with Crippen LogP contribution in [0.2, 0.25) is 0 Å². The van der Waals surface area contributed by atoms with Crippen LogP contribution in [0, 0.1) is 11.8 Å². The fraction of sp³-hybridized carbons (Fsp3) is 0.455. The molecule has 8 nitrogen and oxygen atoms in total. The van der Waals surface area contributed by atoms with Gasteiger partial charge < -0.3 is 15.0 Å². The molecule has 0 spiro atoms. The van der Waals surface area contributed by atoms with Crippen molar-refractivity contribution < 1.29 is 9.90 Å². The molecule has 0 radical (unpaired) electrons. The summed E-state index contributed by atoms with van der Waals surface area (Å²) in [6.07, 6.45) is 3.87. The highest BCUT2D eigenvalue weighted by atomic mass is 16.4. The number of aryl methyl sites for hydroxylation is 1. The summed E-state index contributed by atoms with van der Waals surface area (Å²) in [6.45, 7) is 3.78. The van der Waals surface area contributed by atoms with Crippen LogP contribution in [0.15, 0.2) is 40.2 Å². The van der Waals surface area contributed by atoms with E-state index in [1.54, 1.807) is 0 Å². The number of benzene rings is 1. The SMILES string of the molecule is CCc1cc(C(=O)O)c(=O)[nH]c1-c1ccc(N2C[C@H]3CCC[C@H](N=[N+]=[N-])[C@H]3C2)cc1. The van der Waals surface area contributed by atoms with Gasteiger partial charge >= 0.3 is 5.97 Å². The molecule has 30 heavy (non-hydrogen) atoms. The van der Waals surface area contributed by atoms with Gasteiger partial charge in [-0.15, -0.1) is 0 Å². The van der Waals surface area contributed by atoms with Crippen LogP contribution in [0.4, 0.5) is 5.69 Å². The first-order chi connectivity index (χ1) is 14.5. The van der Waals surface area contributed by atoms with Crippen molar-refractivity contribution in [2.75, 3.05) is 18.0 Å². The van der Waals surface area contributed by atoms with Crippen LogP contribution in [0.25, 0.3) is 21.7 Å². The Hall–Kier alpha value is -3.25. The van der Waals surface area contributed by atoms with Gasteiger partial charge in [-0.25, -0.2) is 4.79 Å². The van der Waals surface area contributed by atoms with E-state index in [0.717, 1.165) is 42.7 Å². The number of aromatic nitrogens is 1. The van der Waals surface area contributed by atoms with E-state index in [1.165, 1.54) is 12.5 Å². The van der Waals surface area contributed by atoms with Crippen molar-refractivity contribution >= 4 is 11.7 Å². The van der Waals surface area contributed by atoms with Crippen molar-refractivity contribution in [1.82, 2.24) is 4.98 Å². The number of carbonyl (C=O) groups is 1. The Labute approximate surface area is 174 Å². The van der Waals surface area contributed by atoms with Gasteiger partial charge in [-0.05, 0) is 66.0 Å². The van der Waals surface area contributed by atoms with Crippen molar-refractivity contribution in [3.8, 4) is 11.3 Å². The van der Waals surface area contributed by atoms with Crippen LogP contribution in [0.5, 0.6) is 0 Å². The monoisotopic (exact) mass is 407 g/mol. The fourth-order valence-electron chi connectivity index (χ4n) is 4.97. The van der Waals surface area contributed by atoms with E-state index < -0.39 is 11.5 Å². The maximum atomic E-state index is 12.1. The number of carboxylic acids is 1. The Morgan fingerprint density at radius 1 is 1.30 bits per heavy atom. The summed E-state index contributed by atoms with van der Waals surface area (Å²) >= 11 is 0. The summed E-state index contributed by atoms with van der Waals surface area (Å²) in [5.41, 5.74) is 11.5. The van der Waals surface area contributed by atoms with E-state index in [-0.39, 0.29) is 11.6 Å². The Morgan fingerprint density at radius 2 is 2.07 bits per heavy atom. The molecular formula is C22H25N5O3. The summed E-state index contributed by atoms with van der Waals surface area (Å²) < 4.78 is 0. The van der Waals surface area contributed by atoms with Crippen LogP contribution in [0.1, 0.15) is 42.1 Å². The first kappa shape index (κ1) is 20.0. The number of carboxylic acid groups (broad SMARTS) is 1. The number of aromatic carboxylic acids is 1. The molecule has 2 heterocycles. The molecule has 3 atom stereocenters. The van der Waals surface area contributed by atoms with Crippen molar-refractivity contribution in [1.29, 1.82) is 0 Å². The molecule has 8 heteroatoms. The van der Waals surface area contributed by atoms with E-state index in [0.29, 0.717) is 24.0 Å². The molecule has 0 bridgehead atoms. The molecule has 156 valence electrons. The Morgan fingerprint density at radius 3 is 2.73 bits per heavy atom. The van der Waals surface area contributed by atoms with E-state index in [2.05, 4.69) is 19.9 Å². The predicted octanol–water partition coefficient (Wildman–Crippen LogP) is 4.22. The number of hydrogen-bond acceptors (Lipinski definition) is 4. The minimum Gasteiger partial charge on any atom is -0.477 e. The van der Waals surface area contributed by atoms with E-state index in [4.69, 9.17) is 5.53 Å². The molecule has 1 aromatic heterocycles. The second kappa shape index (κ2) is 8.24. The molecule has 1 saturated carbocycles. The Bertz CT molecular complexity index is 1060. The van der Waals surface area contributed by atoms with Gasteiger partial charge in [0, 0.05) is 29.7 Å². The van der Waals surface area contributed by atoms with Crippen molar-refractivity contribution in [2.24, 2.45) is 17.0 Å². The quantitative estimate of drug-likeness (QED) is 0.438. The van der Waals surface area contributed by atoms with Gasteiger partial charge in [-0.2, -0.15) is 0 Å². The van der Waals surface area contributed by atoms with Gasteiger partial charge in [0.2, 0.25) is 0 Å². The summed E-state index contributed by atoms with van der Waals surface area (Å²) in [5.74, 6) is -0.260. The third-order valence-corrected chi connectivity index (χ3v) is 6.52. The van der Waals surface area contributed by atoms with Gasteiger partial charge in [0.1, 0.15) is 5.56 Å². The molecule has 1 saturated heterocycles. The van der Waals surface area contributed by atoms with E-state index in [1.807, 2.05) is 31.2 Å². The lowest BCUT2D eigenvalue weighted by molar-refractivity contribution is 0.0695. The van der Waals surface area contributed by atoms with Crippen LogP contribution in [-0.2, 0) is 6.42 Å². The molecule has 2 N–H and O–H groups in total. The number of azide groups is 1. The van der Waals surface area contributed by atoms with Crippen LogP contribution in [-0.4, -0.2) is 35.2 Å². The highest BCUT2D eigenvalue weighted by molar-refractivity contribution is 5.88. The van der Waals surface area contributed by atoms with Crippen molar-refractivity contribution in [3.63, 3.8) is 0 Å². The van der Waals surface area contributed by atoms with Crippen LogP contribution >= 0.6 is 0 Å². The van der Waals surface area contributed by atoms with Crippen LogP contribution in [0.3, 0.4) is 0 Å². The van der Waals surface area contributed by atoms with E-state index >= 15 is 0 Å². The van der Waals surface area contributed by atoms with Crippen molar-refractivity contribution in [3.05, 3.63) is 62.3 Å². The molecule has 0 unspecified atom stereocenters. The first-order valence-electron chi connectivity index (χ1n) is 10.4. The van der Waals surface area contributed by atoms with Crippen LogP contribution < -0.4 is 10.5 Å². The number of pyridine rings is 1. The second-order valence-corrected chi connectivity index (χ2v) is 8.15. The molecule has 4 rings (SSSR count). The average Bonchev–Trinajstić information content (AvgIpc) is 3.19. The topological polar surface area (TPSA) is 122 Å². The lowest BCUT2D eigenvalue weighted by Crippen LogP contribution is -2.30. The molecule has 2 aliphatic rings. The highest BCUT2D eigenvalue weighted by Crippen LogP contribution is 2.40. The maximum absolute atomic E-state index is 12.1. The van der Waals surface area contributed by atoms with Gasteiger partial charge in [0.05, 0.1) is 5.69 Å². The summed E-state index contributed by atoms with van der Waals surface area (Å²) in [5, 5.41) is 13.2. The number of nitrogens with one attached hydrogen (secondary N) is 1. The smallest absolute Gasteiger partial charge is 0.341 e. The maximum Gasteiger partial charge on any atom is 0.341 e. The molecule has 1 aliphatic carbocycles. The number of rotatable bonds is 5. The molecule has 2 aromatic rings. The van der Waals surface area contributed by atoms with Gasteiger partial charge in [0.15, 0.2) is 0 Å². The largest absolute Gasteiger partial charge is 0.477 e. The zero-order valence-electron chi connectivity index (χ0n) is 16.9. The lowest BCUT2D eigenvalue weighted by Gasteiger charge is -2.29.